The molecule has 2 aromatic carbocycles. The number of para-hydroxylation sites is 2. The quantitative estimate of drug-likeness (QED) is 0.376. The summed E-state index contributed by atoms with van der Waals surface area (Å²) in [4.78, 5) is 17.7. The SMILES string of the molecule is CCOCCSc1nc2ccccc2c(=O)n1-c1ccccc1Cl. The topological polar surface area (TPSA) is 44.1 Å². The van der Waals surface area contributed by atoms with Crippen LogP contribution in [0.1, 0.15) is 6.92 Å². The van der Waals surface area contributed by atoms with Crippen LogP contribution in [-0.2, 0) is 4.74 Å². The van der Waals surface area contributed by atoms with E-state index >= 15 is 0 Å². The molecule has 1 heterocycles. The van der Waals surface area contributed by atoms with E-state index in [9.17, 15) is 4.79 Å². The van der Waals surface area contributed by atoms with Crippen molar-refractivity contribution in [3.63, 3.8) is 0 Å². The molecule has 1 aromatic heterocycles. The molecule has 0 spiro atoms. The summed E-state index contributed by atoms with van der Waals surface area (Å²) in [6.07, 6.45) is 0. The highest BCUT2D eigenvalue weighted by atomic mass is 35.5. The maximum atomic E-state index is 13.0. The lowest BCUT2D eigenvalue weighted by Gasteiger charge is -2.14. The van der Waals surface area contributed by atoms with Gasteiger partial charge in [-0.05, 0) is 31.2 Å². The van der Waals surface area contributed by atoms with Crippen LogP contribution >= 0.6 is 23.4 Å². The summed E-state index contributed by atoms with van der Waals surface area (Å²) in [5.74, 6) is 0.711. The Morgan fingerprint density at radius 3 is 2.71 bits per heavy atom. The smallest absolute Gasteiger partial charge is 0.266 e. The van der Waals surface area contributed by atoms with Gasteiger partial charge in [-0.15, -0.1) is 0 Å². The fraction of sp³-hybridized carbons (Fsp3) is 0.222. The molecule has 3 aromatic rings. The minimum absolute atomic E-state index is 0.118. The number of halogens is 1. The Hall–Kier alpha value is -1.82. The third kappa shape index (κ3) is 3.48. The standard InChI is InChI=1S/C18H17ClN2O2S/c1-2-23-11-12-24-18-20-15-9-5-3-7-13(15)17(22)21(18)16-10-6-4-8-14(16)19/h3-10H,2,11-12H2,1H3. The molecule has 0 amide bonds. The fourth-order valence-corrected chi connectivity index (χ4v) is 3.47. The van der Waals surface area contributed by atoms with Crippen molar-refractivity contribution in [2.75, 3.05) is 19.0 Å². The first-order valence-corrected chi connectivity index (χ1v) is 9.06. The molecular weight excluding hydrogens is 344 g/mol. The van der Waals surface area contributed by atoms with Gasteiger partial charge in [0.25, 0.3) is 5.56 Å². The van der Waals surface area contributed by atoms with Crippen molar-refractivity contribution < 1.29 is 4.74 Å². The van der Waals surface area contributed by atoms with Crippen molar-refractivity contribution in [3.8, 4) is 5.69 Å². The zero-order valence-corrected chi connectivity index (χ0v) is 14.8. The molecule has 0 fully saturated rings. The van der Waals surface area contributed by atoms with E-state index < -0.39 is 0 Å². The monoisotopic (exact) mass is 360 g/mol. The molecule has 0 aliphatic heterocycles. The summed E-state index contributed by atoms with van der Waals surface area (Å²) >= 11 is 7.80. The van der Waals surface area contributed by atoms with Gasteiger partial charge >= 0.3 is 0 Å². The molecule has 0 saturated carbocycles. The number of hydrogen-bond donors (Lipinski definition) is 0. The number of benzene rings is 2. The summed E-state index contributed by atoms with van der Waals surface area (Å²) in [5, 5.41) is 1.71. The van der Waals surface area contributed by atoms with Gasteiger partial charge in [-0.2, -0.15) is 0 Å². The highest BCUT2D eigenvalue weighted by Crippen LogP contribution is 2.25. The zero-order valence-electron chi connectivity index (χ0n) is 13.2. The summed E-state index contributed by atoms with van der Waals surface area (Å²) in [6.45, 7) is 3.23. The van der Waals surface area contributed by atoms with Crippen molar-refractivity contribution >= 4 is 34.3 Å². The molecule has 0 N–H and O–H groups in total. The van der Waals surface area contributed by atoms with Crippen molar-refractivity contribution in [2.45, 2.75) is 12.1 Å². The maximum Gasteiger partial charge on any atom is 0.266 e. The number of rotatable bonds is 6. The molecule has 124 valence electrons. The third-order valence-corrected chi connectivity index (χ3v) is 4.72. The van der Waals surface area contributed by atoms with Crippen LogP contribution in [0.25, 0.3) is 16.6 Å². The van der Waals surface area contributed by atoms with Gasteiger partial charge in [-0.3, -0.25) is 9.36 Å². The molecular formula is C18H17ClN2O2S. The Balaban J connectivity index is 2.15. The number of aromatic nitrogens is 2. The normalized spacial score (nSPS) is 11.1. The molecule has 0 saturated heterocycles. The molecule has 6 heteroatoms. The Kier molecular flexibility index (Phi) is 5.56. The van der Waals surface area contributed by atoms with E-state index in [1.54, 1.807) is 16.7 Å². The van der Waals surface area contributed by atoms with Crippen molar-refractivity contribution in [1.29, 1.82) is 0 Å². The van der Waals surface area contributed by atoms with Gasteiger partial charge in [0.05, 0.1) is 28.2 Å². The second kappa shape index (κ2) is 7.83. The summed E-state index contributed by atoms with van der Waals surface area (Å²) < 4.78 is 6.96. The molecule has 24 heavy (non-hydrogen) atoms. The lowest BCUT2D eigenvalue weighted by atomic mass is 10.2. The molecule has 0 aliphatic rings. The van der Waals surface area contributed by atoms with E-state index in [0.717, 1.165) is 0 Å². The van der Waals surface area contributed by atoms with Crippen LogP contribution in [0.4, 0.5) is 0 Å². The molecule has 3 rings (SSSR count). The molecule has 0 atom stereocenters. The minimum Gasteiger partial charge on any atom is -0.381 e. The molecule has 0 aliphatic carbocycles. The Labute approximate surface area is 149 Å². The number of ether oxygens (including phenoxy) is 1. The zero-order chi connectivity index (χ0) is 16.9. The highest BCUT2D eigenvalue weighted by molar-refractivity contribution is 7.99. The Bertz CT molecular complexity index is 911. The first-order chi connectivity index (χ1) is 11.7. The van der Waals surface area contributed by atoms with Crippen LogP contribution in [0.15, 0.2) is 58.5 Å². The van der Waals surface area contributed by atoms with Crippen LogP contribution < -0.4 is 5.56 Å². The van der Waals surface area contributed by atoms with E-state index in [2.05, 4.69) is 4.98 Å². The number of hydrogen-bond acceptors (Lipinski definition) is 4. The summed E-state index contributed by atoms with van der Waals surface area (Å²) in [6, 6.07) is 14.6. The van der Waals surface area contributed by atoms with E-state index in [0.29, 0.717) is 45.7 Å². The average molecular weight is 361 g/mol. The van der Waals surface area contributed by atoms with Crippen molar-refractivity contribution in [3.05, 3.63) is 63.9 Å². The predicted molar refractivity (Wildman–Crippen MR) is 99.6 cm³/mol. The summed E-state index contributed by atoms with van der Waals surface area (Å²) in [7, 11) is 0. The van der Waals surface area contributed by atoms with Gasteiger partial charge in [-0.1, -0.05) is 47.6 Å². The first kappa shape index (κ1) is 17.0. The third-order valence-electron chi connectivity index (χ3n) is 3.50. The van der Waals surface area contributed by atoms with Gasteiger partial charge in [0.1, 0.15) is 0 Å². The van der Waals surface area contributed by atoms with E-state index in [-0.39, 0.29) is 5.56 Å². The number of fused-ring (bicyclic) bond motifs is 1. The largest absolute Gasteiger partial charge is 0.381 e. The van der Waals surface area contributed by atoms with E-state index in [4.69, 9.17) is 16.3 Å². The summed E-state index contributed by atoms with van der Waals surface area (Å²) in [5.41, 5.74) is 1.21. The van der Waals surface area contributed by atoms with Crippen LogP contribution in [0, 0.1) is 0 Å². The second-order valence-electron chi connectivity index (χ2n) is 5.05. The van der Waals surface area contributed by atoms with Crippen LogP contribution in [0.3, 0.4) is 0 Å². The minimum atomic E-state index is -0.118. The van der Waals surface area contributed by atoms with Crippen LogP contribution in [0.2, 0.25) is 5.02 Å². The van der Waals surface area contributed by atoms with Gasteiger partial charge in [0, 0.05) is 12.4 Å². The first-order valence-electron chi connectivity index (χ1n) is 7.69. The van der Waals surface area contributed by atoms with Gasteiger partial charge in [0.2, 0.25) is 0 Å². The van der Waals surface area contributed by atoms with E-state index in [1.165, 1.54) is 11.8 Å². The van der Waals surface area contributed by atoms with Crippen molar-refractivity contribution in [2.24, 2.45) is 0 Å². The van der Waals surface area contributed by atoms with Gasteiger partial charge in [0.15, 0.2) is 5.16 Å². The number of thioether (sulfide) groups is 1. The lowest BCUT2D eigenvalue weighted by molar-refractivity contribution is 0.164. The second-order valence-corrected chi connectivity index (χ2v) is 6.52. The number of nitrogens with zero attached hydrogens (tertiary/aromatic N) is 2. The highest BCUT2D eigenvalue weighted by Gasteiger charge is 2.14. The Morgan fingerprint density at radius 2 is 1.92 bits per heavy atom. The molecule has 0 bridgehead atoms. The molecule has 0 unspecified atom stereocenters. The lowest BCUT2D eigenvalue weighted by Crippen LogP contribution is -2.22. The van der Waals surface area contributed by atoms with E-state index in [1.807, 2.05) is 43.3 Å². The molecule has 4 nitrogen and oxygen atoms in total. The van der Waals surface area contributed by atoms with Gasteiger partial charge in [-0.25, -0.2) is 4.98 Å². The van der Waals surface area contributed by atoms with Gasteiger partial charge < -0.3 is 4.74 Å². The maximum absolute atomic E-state index is 13.0. The predicted octanol–water partition coefficient (Wildman–Crippen LogP) is 4.17. The van der Waals surface area contributed by atoms with Crippen molar-refractivity contribution in [1.82, 2.24) is 9.55 Å². The fourth-order valence-electron chi connectivity index (χ4n) is 2.39. The molecule has 0 radical (unpaired) electrons. The Morgan fingerprint density at radius 1 is 1.17 bits per heavy atom. The van der Waals surface area contributed by atoms with Crippen LogP contribution in [-0.4, -0.2) is 28.5 Å². The van der Waals surface area contributed by atoms with Crippen LogP contribution in [0.5, 0.6) is 0 Å². The average Bonchev–Trinajstić information content (AvgIpc) is 2.60.